The summed E-state index contributed by atoms with van der Waals surface area (Å²) in [5, 5.41) is 10.1. The van der Waals surface area contributed by atoms with Crippen LogP contribution in [0.25, 0.3) is 0 Å². The van der Waals surface area contributed by atoms with E-state index in [1.165, 1.54) is 69.5 Å². The van der Waals surface area contributed by atoms with Gasteiger partial charge in [0.25, 0.3) is 0 Å². The van der Waals surface area contributed by atoms with Crippen LogP contribution < -0.4 is 0 Å². The van der Waals surface area contributed by atoms with Crippen LogP contribution in [-0.4, -0.2) is 20.6 Å². The van der Waals surface area contributed by atoms with Gasteiger partial charge in [-0.15, -0.1) is 0 Å². The molecule has 1 heterocycles. The van der Waals surface area contributed by atoms with E-state index >= 15 is 0 Å². The minimum atomic E-state index is -0.807. The zero-order valence-corrected chi connectivity index (χ0v) is 20.6. The van der Waals surface area contributed by atoms with Gasteiger partial charge in [0, 0.05) is 12.7 Å². The van der Waals surface area contributed by atoms with Crippen molar-refractivity contribution < 1.29 is 9.90 Å². The van der Waals surface area contributed by atoms with Gasteiger partial charge in [-0.1, -0.05) is 101 Å². The van der Waals surface area contributed by atoms with Gasteiger partial charge in [-0.2, -0.15) is 0 Å². The fourth-order valence-electron chi connectivity index (χ4n) is 3.96. The van der Waals surface area contributed by atoms with Crippen LogP contribution in [0.4, 0.5) is 0 Å². The second-order valence-electron chi connectivity index (χ2n) is 8.59. The van der Waals surface area contributed by atoms with Gasteiger partial charge in [-0.25, -0.2) is 4.98 Å². The molecule has 0 spiro atoms. The Kier molecular flexibility index (Phi) is 11.2. The molecule has 0 aliphatic rings. The summed E-state index contributed by atoms with van der Waals surface area (Å²) in [6.45, 7) is 6.24. The van der Waals surface area contributed by atoms with Crippen LogP contribution in [0.2, 0.25) is 0 Å². The van der Waals surface area contributed by atoms with Gasteiger partial charge >= 0.3 is 5.97 Å². The molecule has 0 saturated heterocycles. The fraction of sp³-hybridized carbons (Fsp3) is 0.615. The van der Waals surface area contributed by atoms with Gasteiger partial charge in [0.05, 0.1) is 5.69 Å². The zero-order chi connectivity index (χ0) is 22.6. The van der Waals surface area contributed by atoms with E-state index < -0.39 is 11.2 Å². The lowest BCUT2D eigenvalue weighted by Crippen LogP contribution is -2.11. The molecule has 1 unspecified atom stereocenters. The van der Waals surface area contributed by atoms with Gasteiger partial charge in [0.1, 0.15) is 5.25 Å². The molecule has 1 N–H and O–H groups in total. The predicted molar refractivity (Wildman–Crippen MR) is 131 cm³/mol. The molecular formula is C26H40N2O2S. The summed E-state index contributed by atoms with van der Waals surface area (Å²) in [7, 11) is 1.95. The maximum Gasteiger partial charge on any atom is 0.321 e. The number of carbonyl (C=O) groups is 1. The topological polar surface area (TPSA) is 55.1 Å². The summed E-state index contributed by atoms with van der Waals surface area (Å²) >= 11 is 1.34. The van der Waals surface area contributed by atoms with Crippen LogP contribution in [-0.2, 0) is 18.3 Å². The summed E-state index contributed by atoms with van der Waals surface area (Å²) in [6, 6.07) is 8.03. The van der Waals surface area contributed by atoms with Gasteiger partial charge in [-0.05, 0) is 37.8 Å². The Morgan fingerprint density at radius 3 is 2.13 bits per heavy atom. The molecule has 0 radical (unpaired) electrons. The number of aromatic nitrogens is 2. The van der Waals surface area contributed by atoms with Crippen molar-refractivity contribution in [2.24, 2.45) is 7.05 Å². The SMILES string of the molecule is CCCCCCCCCCCCc1ccccc1C(Sc1nc(C)c(C)n1C)C(=O)O. The third-order valence-corrected chi connectivity index (χ3v) is 7.43. The first-order valence-corrected chi connectivity index (χ1v) is 12.8. The van der Waals surface area contributed by atoms with Crippen LogP contribution in [0.15, 0.2) is 29.4 Å². The molecule has 1 aromatic heterocycles. The molecule has 0 aliphatic carbocycles. The number of aliphatic carboxylic acids is 1. The number of benzene rings is 1. The molecule has 1 aromatic carbocycles. The highest BCUT2D eigenvalue weighted by molar-refractivity contribution is 8.00. The van der Waals surface area contributed by atoms with Crippen molar-refractivity contribution in [1.29, 1.82) is 0 Å². The van der Waals surface area contributed by atoms with Crippen molar-refractivity contribution in [3.63, 3.8) is 0 Å². The summed E-state index contributed by atoms with van der Waals surface area (Å²) in [5.41, 5.74) is 4.09. The van der Waals surface area contributed by atoms with Gasteiger partial charge in [-0.3, -0.25) is 4.79 Å². The van der Waals surface area contributed by atoms with Crippen molar-refractivity contribution in [2.75, 3.05) is 0 Å². The van der Waals surface area contributed by atoms with E-state index in [0.29, 0.717) is 0 Å². The zero-order valence-electron chi connectivity index (χ0n) is 19.8. The van der Waals surface area contributed by atoms with E-state index in [4.69, 9.17) is 0 Å². The number of unbranched alkanes of at least 4 members (excludes halogenated alkanes) is 9. The van der Waals surface area contributed by atoms with Crippen LogP contribution >= 0.6 is 11.8 Å². The van der Waals surface area contributed by atoms with Gasteiger partial charge < -0.3 is 9.67 Å². The average molecular weight is 445 g/mol. The average Bonchev–Trinajstić information content (AvgIpc) is 3.00. The number of carboxylic acid groups (broad SMARTS) is 1. The number of hydrogen-bond acceptors (Lipinski definition) is 3. The van der Waals surface area contributed by atoms with Crippen LogP contribution in [0.5, 0.6) is 0 Å². The molecule has 0 bridgehead atoms. The minimum absolute atomic E-state index is 0.640. The quantitative estimate of drug-likeness (QED) is 0.229. The molecule has 4 nitrogen and oxygen atoms in total. The largest absolute Gasteiger partial charge is 0.480 e. The first kappa shape index (κ1) is 25.5. The molecule has 0 aliphatic heterocycles. The number of hydrogen-bond donors (Lipinski definition) is 1. The molecule has 1 atom stereocenters. The molecular weight excluding hydrogens is 404 g/mol. The monoisotopic (exact) mass is 444 g/mol. The van der Waals surface area contributed by atoms with Crippen molar-refractivity contribution in [2.45, 2.75) is 102 Å². The second-order valence-corrected chi connectivity index (χ2v) is 9.66. The van der Waals surface area contributed by atoms with Gasteiger partial charge in [0.15, 0.2) is 5.16 Å². The van der Waals surface area contributed by atoms with Crippen molar-refractivity contribution in [3.8, 4) is 0 Å². The lowest BCUT2D eigenvalue weighted by Gasteiger charge is -2.16. The van der Waals surface area contributed by atoms with Crippen molar-refractivity contribution >= 4 is 17.7 Å². The fourth-order valence-corrected chi connectivity index (χ4v) is 5.12. The molecule has 0 amide bonds. The number of aryl methyl sites for hydroxylation is 2. The number of thioether (sulfide) groups is 1. The Balaban J connectivity index is 1.89. The highest BCUT2D eigenvalue weighted by Gasteiger charge is 2.26. The van der Waals surface area contributed by atoms with Crippen molar-refractivity contribution in [3.05, 3.63) is 46.8 Å². The van der Waals surface area contributed by atoms with E-state index in [2.05, 4.69) is 18.0 Å². The van der Waals surface area contributed by atoms with E-state index in [1.54, 1.807) is 0 Å². The van der Waals surface area contributed by atoms with E-state index in [9.17, 15) is 9.90 Å². The third kappa shape index (κ3) is 8.03. The van der Waals surface area contributed by atoms with E-state index in [-0.39, 0.29) is 0 Å². The Bertz CT molecular complexity index is 816. The van der Waals surface area contributed by atoms with Crippen LogP contribution in [0.3, 0.4) is 0 Å². The lowest BCUT2D eigenvalue weighted by atomic mass is 9.98. The highest BCUT2D eigenvalue weighted by Crippen LogP contribution is 2.37. The smallest absolute Gasteiger partial charge is 0.321 e. The maximum absolute atomic E-state index is 12.1. The van der Waals surface area contributed by atoms with Crippen LogP contribution in [0.1, 0.15) is 98.9 Å². The number of rotatable bonds is 15. The Labute approximate surface area is 192 Å². The summed E-state index contributed by atoms with van der Waals surface area (Å²) < 4.78 is 1.99. The maximum atomic E-state index is 12.1. The molecule has 172 valence electrons. The standard InChI is InChI=1S/C26H40N2O2S/c1-5-6-7-8-9-10-11-12-13-14-17-22-18-15-16-19-23(22)24(25(29)30)31-26-27-20(2)21(3)28(26)4/h15-16,18-19,24H,5-14,17H2,1-4H3,(H,29,30). The summed E-state index contributed by atoms with van der Waals surface area (Å²) in [6.07, 6.45) is 14.0. The number of nitrogens with zero attached hydrogens (tertiary/aromatic N) is 2. The second kappa shape index (κ2) is 13.6. The molecule has 0 fully saturated rings. The number of carboxylic acids is 1. The molecule has 5 heteroatoms. The predicted octanol–water partition coefficient (Wildman–Crippen LogP) is 7.42. The first-order valence-electron chi connectivity index (χ1n) is 11.9. The van der Waals surface area contributed by atoms with Crippen LogP contribution in [0, 0.1) is 13.8 Å². The van der Waals surface area contributed by atoms with E-state index in [0.717, 1.165) is 40.5 Å². The highest BCUT2D eigenvalue weighted by atomic mass is 32.2. The van der Waals surface area contributed by atoms with Crippen molar-refractivity contribution in [1.82, 2.24) is 9.55 Å². The third-order valence-electron chi connectivity index (χ3n) is 6.16. The minimum Gasteiger partial charge on any atom is -0.480 e. The molecule has 2 aromatic rings. The number of imidazole rings is 1. The Hall–Kier alpha value is -1.75. The first-order chi connectivity index (χ1) is 15.0. The Morgan fingerprint density at radius 2 is 1.58 bits per heavy atom. The molecule has 2 rings (SSSR count). The summed E-state index contributed by atoms with van der Waals surface area (Å²) in [5.74, 6) is -0.807. The Morgan fingerprint density at radius 1 is 1.00 bits per heavy atom. The molecule has 31 heavy (non-hydrogen) atoms. The van der Waals surface area contributed by atoms with Gasteiger partial charge in [0.2, 0.25) is 0 Å². The summed E-state index contributed by atoms with van der Waals surface area (Å²) in [4.78, 5) is 16.7. The normalized spacial score (nSPS) is 12.3. The lowest BCUT2D eigenvalue weighted by molar-refractivity contribution is -0.136. The van der Waals surface area contributed by atoms with E-state index in [1.807, 2.05) is 43.7 Å². The molecule has 0 saturated carbocycles.